The minimum Gasteiger partial charge on any atom is -0.387 e. The number of carbonyl (C=O) groups excluding carboxylic acids is 1. The summed E-state index contributed by atoms with van der Waals surface area (Å²) in [5.74, 6) is -0.157. The van der Waals surface area contributed by atoms with Gasteiger partial charge in [-0.2, -0.15) is 11.3 Å². The van der Waals surface area contributed by atoms with E-state index in [1.807, 2.05) is 48.6 Å². The van der Waals surface area contributed by atoms with Crippen molar-refractivity contribution >= 4 is 22.9 Å². The predicted molar refractivity (Wildman–Crippen MR) is 82.4 cm³/mol. The molecule has 2 aromatic rings. The van der Waals surface area contributed by atoms with Crippen molar-refractivity contribution in [2.75, 3.05) is 25.5 Å². The van der Waals surface area contributed by atoms with Crippen LogP contribution in [0, 0.1) is 0 Å². The summed E-state index contributed by atoms with van der Waals surface area (Å²) in [4.78, 5) is 13.8. The van der Waals surface area contributed by atoms with Gasteiger partial charge in [0.15, 0.2) is 0 Å². The number of carbonyl (C=O) groups is 1. The molecule has 20 heavy (non-hydrogen) atoms. The first kappa shape index (κ1) is 14.6. The third kappa shape index (κ3) is 3.59. The Bertz CT molecular complexity index is 550. The maximum absolute atomic E-state index is 11.8. The van der Waals surface area contributed by atoms with Crippen molar-refractivity contribution in [2.45, 2.75) is 6.10 Å². The molecular formula is C15H18N2O2S. The van der Waals surface area contributed by atoms with E-state index in [1.54, 1.807) is 11.4 Å². The third-order valence-electron chi connectivity index (χ3n) is 3.03. The molecule has 5 heteroatoms. The Balaban J connectivity index is 1.91. The standard InChI is InChI=1S/C15H18N2O2S/c1-17(2)13-5-3-11(4-6-13)14(18)9-16-15(19)12-7-8-20-10-12/h3-8,10,14,18H,9H2,1-2H3,(H,16,19). The number of aliphatic hydroxyl groups excluding tert-OH is 1. The first-order chi connectivity index (χ1) is 9.58. The van der Waals surface area contributed by atoms with E-state index in [0.717, 1.165) is 11.3 Å². The van der Waals surface area contributed by atoms with E-state index < -0.39 is 6.10 Å². The van der Waals surface area contributed by atoms with Gasteiger partial charge in [-0.25, -0.2) is 0 Å². The monoisotopic (exact) mass is 290 g/mol. The molecule has 0 aliphatic heterocycles. The lowest BCUT2D eigenvalue weighted by Crippen LogP contribution is -2.28. The Morgan fingerprint density at radius 1 is 1.30 bits per heavy atom. The minimum absolute atomic E-state index is 0.157. The van der Waals surface area contributed by atoms with Gasteiger partial charge in [-0.05, 0) is 29.1 Å². The fraction of sp³-hybridized carbons (Fsp3) is 0.267. The van der Waals surface area contributed by atoms with Crippen LogP contribution in [0.3, 0.4) is 0 Å². The number of amides is 1. The lowest BCUT2D eigenvalue weighted by atomic mass is 10.1. The number of hydrogen-bond donors (Lipinski definition) is 2. The summed E-state index contributed by atoms with van der Waals surface area (Å²) in [5, 5.41) is 16.4. The zero-order valence-corrected chi connectivity index (χ0v) is 12.4. The van der Waals surface area contributed by atoms with Gasteiger partial charge >= 0.3 is 0 Å². The first-order valence-corrected chi connectivity index (χ1v) is 7.28. The molecule has 0 spiro atoms. The van der Waals surface area contributed by atoms with Crippen molar-refractivity contribution in [1.29, 1.82) is 0 Å². The van der Waals surface area contributed by atoms with Crippen LogP contribution >= 0.6 is 11.3 Å². The normalized spacial score (nSPS) is 11.9. The molecule has 2 rings (SSSR count). The van der Waals surface area contributed by atoms with Crippen molar-refractivity contribution in [1.82, 2.24) is 5.32 Å². The smallest absolute Gasteiger partial charge is 0.252 e. The number of benzene rings is 1. The van der Waals surface area contributed by atoms with Crippen molar-refractivity contribution in [3.63, 3.8) is 0 Å². The van der Waals surface area contributed by atoms with Gasteiger partial charge in [0.1, 0.15) is 0 Å². The second-order valence-electron chi connectivity index (χ2n) is 4.72. The number of aliphatic hydroxyl groups is 1. The van der Waals surface area contributed by atoms with Crippen LogP contribution in [0.5, 0.6) is 0 Å². The number of anilines is 1. The van der Waals surface area contributed by atoms with Crippen LogP contribution in [0.25, 0.3) is 0 Å². The van der Waals surface area contributed by atoms with E-state index >= 15 is 0 Å². The number of nitrogens with one attached hydrogen (secondary N) is 1. The molecule has 1 heterocycles. The van der Waals surface area contributed by atoms with Gasteiger partial charge in [0.2, 0.25) is 0 Å². The van der Waals surface area contributed by atoms with Crippen molar-refractivity contribution in [3.05, 3.63) is 52.2 Å². The fourth-order valence-corrected chi connectivity index (χ4v) is 2.43. The molecule has 0 aliphatic carbocycles. The lowest BCUT2D eigenvalue weighted by molar-refractivity contribution is 0.0917. The Morgan fingerprint density at radius 3 is 2.55 bits per heavy atom. The summed E-state index contributed by atoms with van der Waals surface area (Å²) >= 11 is 1.47. The second-order valence-corrected chi connectivity index (χ2v) is 5.50. The molecular weight excluding hydrogens is 272 g/mol. The van der Waals surface area contributed by atoms with Crippen LogP contribution in [0.15, 0.2) is 41.1 Å². The summed E-state index contributed by atoms with van der Waals surface area (Å²) in [6.45, 7) is 0.204. The Morgan fingerprint density at radius 2 is 2.00 bits per heavy atom. The van der Waals surface area contributed by atoms with E-state index in [1.165, 1.54) is 11.3 Å². The second kappa shape index (κ2) is 6.54. The molecule has 0 saturated carbocycles. The van der Waals surface area contributed by atoms with Crippen molar-refractivity contribution < 1.29 is 9.90 Å². The molecule has 1 atom stereocenters. The fourth-order valence-electron chi connectivity index (χ4n) is 1.80. The van der Waals surface area contributed by atoms with Gasteiger partial charge in [0, 0.05) is 37.3 Å². The topological polar surface area (TPSA) is 52.6 Å². The highest BCUT2D eigenvalue weighted by molar-refractivity contribution is 7.08. The summed E-state index contributed by atoms with van der Waals surface area (Å²) in [5.41, 5.74) is 2.50. The minimum atomic E-state index is -0.700. The van der Waals surface area contributed by atoms with E-state index in [2.05, 4.69) is 5.32 Å². The zero-order valence-electron chi connectivity index (χ0n) is 11.5. The molecule has 0 saturated heterocycles. The molecule has 106 valence electrons. The highest BCUT2D eigenvalue weighted by Gasteiger charge is 2.11. The van der Waals surface area contributed by atoms with Crippen LogP contribution in [0.2, 0.25) is 0 Å². The van der Waals surface area contributed by atoms with Crippen LogP contribution < -0.4 is 10.2 Å². The quantitative estimate of drug-likeness (QED) is 0.888. The molecule has 0 bridgehead atoms. The average Bonchev–Trinajstić information content (AvgIpc) is 2.98. The molecule has 1 amide bonds. The van der Waals surface area contributed by atoms with E-state index in [0.29, 0.717) is 5.56 Å². The first-order valence-electron chi connectivity index (χ1n) is 6.33. The van der Waals surface area contributed by atoms with Crippen LogP contribution in [0.1, 0.15) is 22.0 Å². The number of rotatable bonds is 5. The van der Waals surface area contributed by atoms with E-state index in [4.69, 9.17) is 0 Å². The SMILES string of the molecule is CN(C)c1ccc(C(O)CNC(=O)c2ccsc2)cc1. The molecule has 0 fully saturated rings. The highest BCUT2D eigenvalue weighted by Crippen LogP contribution is 2.17. The van der Waals surface area contributed by atoms with Gasteiger partial charge in [-0.1, -0.05) is 12.1 Å². The molecule has 0 aliphatic rings. The summed E-state index contributed by atoms with van der Waals surface area (Å²) < 4.78 is 0. The van der Waals surface area contributed by atoms with Gasteiger partial charge < -0.3 is 15.3 Å². The highest BCUT2D eigenvalue weighted by atomic mass is 32.1. The summed E-state index contributed by atoms with van der Waals surface area (Å²) in [6.07, 6.45) is -0.700. The van der Waals surface area contributed by atoms with E-state index in [-0.39, 0.29) is 12.5 Å². The largest absolute Gasteiger partial charge is 0.387 e. The average molecular weight is 290 g/mol. The van der Waals surface area contributed by atoms with Gasteiger partial charge in [-0.15, -0.1) is 0 Å². The maximum atomic E-state index is 11.8. The Labute approximate surface area is 122 Å². The Kier molecular flexibility index (Phi) is 4.76. The van der Waals surface area contributed by atoms with E-state index in [9.17, 15) is 9.90 Å². The predicted octanol–water partition coefficient (Wildman–Crippen LogP) is 2.28. The molecule has 1 aromatic carbocycles. The molecule has 4 nitrogen and oxygen atoms in total. The summed E-state index contributed by atoms with van der Waals surface area (Å²) in [6, 6.07) is 9.39. The molecule has 1 aromatic heterocycles. The van der Waals surface area contributed by atoms with Gasteiger partial charge in [0.25, 0.3) is 5.91 Å². The van der Waals surface area contributed by atoms with Gasteiger partial charge in [-0.3, -0.25) is 4.79 Å². The Hall–Kier alpha value is -1.85. The lowest BCUT2D eigenvalue weighted by Gasteiger charge is -2.15. The van der Waals surface area contributed by atoms with Crippen molar-refractivity contribution in [3.8, 4) is 0 Å². The van der Waals surface area contributed by atoms with Crippen LogP contribution in [0.4, 0.5) is 5.69 Å². The number of thiophene rings is 1. The third-order valence-corrected chi connectivity index (χ3v) is 3.72. The number of nitrogens with zero attached hydrogens (tertiary/aromatic N) is 1. The van der Waals surface area contributed by atoms with Gasteiger partial charge in [0.05, 0.1) is 6.10 Å². The van der Waals surface area contributed by atoms with Crippen LogP contribution in [-0.2, 0) is 0 Å². The summed E-state index contributed by atoms with van der Waals surface area (Å²) in [7, 11) is 3.93. The zero-order chi connectivity index (χ0) is 14.5. The molecule has 0 radical (unpaired) electrons. The van der Waals surface area contributed by atoms with Crippen LogP contribution in [-0.4, -0.2) is 31.7 Å². The number of hydrogen-bond acceptors (Lipinski definition) is 4. The van der Waals surface area contributed by atoms with Crippen molar-refractivity contribution in [2.24, 2.45) is 0 Å². The molecule has 1 unspecified atom stereocenters. The molecule has 2 N–H and O–H groups in total. The maximum Gasteiger partial charge on any atom is 0.252 e.